The lowest BCUT2D eigenvalue weighted by Gasteiger charge is -2.25. The zero-order chi connectivity index (χ0) is 17.1. The first kappa shape index (κ1) is 16.6. The molecule has 0 unspecified atom stereocenters. The van der Waals surface area contributed by atoms with E-state index in [0.717, 1.165) is 6.07 Å². The molecule has 0 N–H and O–H groups in total. The summed E-state index contributed by atoms with van der Waals surface area (Å²) in [5, 5.41) is 0. The monoisotopic (exact) mass is 336 g/mol. The number of hydrogen-bond acceptors (Lipinski definition) is 4. The molecule has 1 aliphatic heterocycles. The lowest BCUT2D eigenvalue weighted by atomic mass is 10.1. The summed E-state index contributed by atoms with van der Waals surface area (Å²) in [6.07, 6.45) is 0.851. The van der Waals surface area contributed by atoms with Crippen LogP contribution < -0.4 is 0 Å². The highest BCUT2D eigenvalue weighted by molar-refractivity contribution is 5.76. The minimum Gasteiger partial charge on any atom is -0.441 e. The van der Waals surface area contributed by atoms with Gasteiger partial charge in [-0.15, -0.1) is 0 Å². The summed E-state index contributed by atoms with van der Waals surface area (Å²) >= 11 is 0. The highest BCUT2D eigenvalue weighted by atomic mass is 19.1. The maximum absolute atomic E-state index is 13.3. The zero-order valence-electron chi connectivity index (χ0n) is 13.3. The Morgan fingerprint density at radius 1 is 1.33 bits per heavy atom. The van der Waals surface area contributed by atoms with Gasteiger partial charge in [0.15, 0.2) is 0 Å². The molecule has 0 atom stereocenters. The van der Waals surface area contributed by atoms with E-state index in [2.05, 4.69) is 4.98 Å². The highest BCUT2D eigenvalue weighted by Crippen LogP contribution is 2.27. The second-order valence-electron chi connectivity index (χ2n) is 5.56. The number of halogens is 2. The van der Waals surface area contributed by atoms with Crippen molar-refractivity contribution in [1.29, 1.82) is 0 Å². The largest absolute Gasteiger partial charge is 0.441 e. The number of carbonyl (C=O) groups is 1. The molecule has 0 radical (unpaired) electrons. The van der Waals surface area contributed by atoms with Crippen molar-refractivity contribution in [3.8, 4) is 11.5 Å². The van der Waals surface area contributed by atoms with Gasteiger partial charge in [0, 0.05) is 31.2 Å². The Labute approximate surface area is 138 Å². The van der Waals surface area contributed by atoms with Crippen molar-refractivity contribution in [3.05, 3.63) is 41.3 Å². The molecule has 2 aromatic rings. The van der Waals surface area contributed by atoms with E-state index in [1.165, 1.54) is 12.1 Å². The highest BCUT2D eigenvalue weighted by Gasteiger charge is 2.25. The molecule has 1 aromatic carbocycles. The molecule has 128 valence electrons. The van der Waals surface area contributed by atoms with Crippen molar-refractivity contribution in [1.82, 2.24) is 9.88 Å². The standard InChI is InChI=1S/C17H18F2N2O3/c1-2-23-6-4-16(22)21-5-3-15-14(10-21)20-17(24-15)11-7-12(18)9-13(19)8-11/h7-9H,2-6,10H2,1H3. The van der Waals surface area contributed by atoms with Crippen LogP contribution in [0.25, 0.3) is 11.5 Å². The molecule has 2 heterocycles. The van der Waals surface area contributed by atoms with E-state index in [4.69, 9.17) is 9.15 Å². The summed E-state index contributed by atoms with van der Waals surface area (Å²) in [7, 11) is 0. The quantitative estimate of drug-likeness (QED) is 0.788. The summed E-state index contributed by atoms with van der Waals surface area (Å²) in [4.78, 5) is 18.1. The summed E-state index contributed by atoms with van der Waals surface area (Å²) in [5.41, 5.74) is 0.877. The molecule has 7 heteroatoms. The van der Waals surface area contributed by atoms with Crippen molar-refractivity contribution in [2.45, 2.75) is 26.3 Å². The van der Waals surface area contributed by atoms with E-state index in [1.54, 1.807) is 4.90 Å². The van der Waals surface area contributed by atoms with E-state index in [0.29, 0.717) is 50.6 Å². The maximum atomic E-state index is 13.3. The fraction of sp³-hybridized carbons (Fsp3) is 0.412. The number of oxazole rings is 1. The van der Waals surface area contributed by atoms with E-state index >= 15 is 0 Å². The first-order valence-electron chi connectivity index (χ1n) is 7.87. The molecule has 0 bridgehead atoms. The van der Waals surface area contributed by atoms with Gasteiger partial charge in [-0.25, -0.2) is 13.8 Å². The third-order valence-electron chi connectivity index (χ3n) is 3.85. The van der Waals surface area contributed by atoms with Crippen LogP contribution in [0.1, 0.15) is 24.8 Å². The SMILES string of the molecule is CCOCCC(=O)N1CCc2oc(-c3cc(F)cc(F)c3)nc2C1. The maximum Gasteiger partial charge on any atom is 0.226 e. The van der Waals surface area contributed by atoms with E-state index in [1.807, 2.05) is 6.92 Å². The Balaban J connectivity index is 1.74. The Morgan fingerprint density at radius 2 is 2.08 bits per heavy atom. The first-order chi connectivity index (χ1) is 11.6. The molecule has 0 saturated heterocycles. The van der Waals surface area contributed by atoms with Gasteiger partial charge in [-0.2, -0.15) is 0 Å². The number of rotatable bonds is 5. The van der Waals surface area contributed by atoms with Crippen LogP contribution in [-0.4, -0.2) is 35.5 Å². The van der Waals surface area contributed by atoms with Crippen molar-refractivity contribution in [2.75, 3.05) is 19.8 Å². The lowest BCUT2D eigenvalue weighted by Crippen LogP contribution is -2.36. The molecule has 24 heavy (non-hydrogen) atoms. The number of benzene rings is 1. The van der Waals surface area contributed by atoms with Gasteiger partial charge in [0.05, 0.1) is 19.6 Å². The van der Waals surface area contributed by atoms with Crippen LogP contribution >= 0.6 is 0 Å². The Morgan fingerprint density at radius 3 is 2.79 bits per heavy atom. The van der Waals surface area contributed by atoms with Crippen LogP contribution in [0.4, 0.5) is 8.78 Å². The average molecular weight is 336 g/mol. The van der Waals surface area contributed by atoms with Crippen LogP contribution in [-0.2, 0) is 22.5 Å². The molecular formula is C17H18F2N2O3. The molecule has 0 aliphatic carbocycles. The van der Waals surface area contributed by atoms with Gasteiger partial charge in [-0.05, 0) is 19.1 Å². The van der Waals surface area contributed by atoms with E-state index < -0.39 is 11.6 Å². The number of aromatic nitrogens is 1. The van der Waals surface area contributed by atoms with Crippen LogP contribution in [0.2, 0.25) is 0 Å². The minimum atomic E-state index is -0.686. The smallest absolute Gasteiger partial charge is 0.226 e. The number of amides is 1. The molecule has 5 nitrogen and oxygen atoms in total. The zero-order valence-corrected chi connectivity index (χ0v) is 13.3. The Hall–Kier alpha value is -2.28. The third kappa shape index (κ3) is 3.62. The molecule has 1 aliphatic rings. The van der Waals surface area contributed by atoms with Crippen molar-refractivity contribution in [3.63, 3.8) is 0 Å². The number of carbonyl (C=O) groups excluding carboxylic acids is 1. The fourth-order valence-corrected chi connectivity index (χ4v) is 2.67. The van der Waals surface area contributed by atoms with Crippen LogP contribution in [0.3, 0.4) is 0 Å². The van der Waals surface area contributed by atoms with Crippen molar-refractivity contribution < 1.29 is 22.7 Å². The molecule has 1 aromatic heterocycles. The van der Waals surface area contributed by atoms with Crippen LogP contribution in [0.15, 0.2) is 22.6 Å². The number of fused-ring (bicyclic) bond motifs is 1. The Bertz CT molecular complexity index is 725. The molecule has 3 rings (SSSR count). The first-order valence-corrected chi connectivity index (χ1v) is 7.87. The average Bonchev–Trinajstić information content (AvgIpc) is 2.97. The molecule has 0 spiro atoms. The lowest BCUT2D eigenvalue weighted by molar-refractivity contribution is -0.133. The van der Waals surface area contributed by atoms with Gasteiger partial charge < -0.3 is 14.1 Å². The second kappa shape index (κ2) is 7.09. The molecule has 0 fully saturated rings. The van der Waals surface area contributed by atoms with Crippen molar-refractivity contribution >= 4 is 5.91 Å². The molecule has 1 amide bonds. The van der Waals surface area contributed by atoms with Gasteiger partial charge in [0.25, 0.3) is 0 Å². The minimum absolute atomic E-state index is 0.00421. The summed E-state index contributed by atoms with van der Waals surface area (Å²) in [5.74, 6) is -0.552. The molecular weight excluding hydrogens is 318 g/mol. The van der Waals surface area contributed by atoms with Gasteiger partial charge in [-0.3, -0.25) is 4.79 Å². The van der Waals surface area contributed by atoms with Gasteiger partial charge in [0.1, 0.15) is 23.1 Å². The number of hydrogen-bond donors (Lipinski definition) is 0. The predicted molar refractivity (Wildman–Crippen MR) is 82.1 cm³/mol. The summed E-state index contributed by atoms with van der Waals surface area (Å²) < 4.78 is 37.5. The van der Waals surface area contributed by atoms with Crippen LogP contribution in [0, 0.1) is 11.6 Å². The third-order valence-corrected chi connectivity index (χ3v) is 3.85. The predicted octanol–water partition coefficient (Wildman–Crippen LogP) is 2.93. The van der Waals surface area contributed by atoms with Gasteiger partial charge >= 0.3 is 0 Å². The van der Waals surface area contributed by atoms with Crippen molar-refractivity contribution in [2.24, 2.45) is 0 Å². The number of ether oxygens (including phenoxy) is 1. The number of nitrogens with zero attached hydrogens (tertiary/aromatic N) is 2. The van der Waals surface area contributed by atoms with E-state index in [9.17, 15) is 13.6 Å². The summed E-state index contributed by atoms with van der Waals surface area (Å²) in [6.45, 7) is 3.72. The van der Waals surface area contributed by atoms with E-state index in [-0.39, 0.29) is 17.4 Å². The van der Waals surface area contributed by atoms with Crippen LogP contribution in [0.5, 0.6) is 0 Å². The normalized spacial score (nSPS) is 13.9. The topological polar surface area (TPSA) is 55.6 Å². The van der Waals surface area contributed by atoms with Gasteiger partial charge in [-0.1, -0.05) is 0 Å². The second-order valence-corrected chi connectivity index (χ2v) is 5.56. The summed E-state index contributed by atoms with van der Waals surface area (Å²) in [6, 6.07) is 3.14. The fourth-order valence-electron chi connectivity index (χ4n) is 2.67. The van der Waals surface area contributed by atoms with Gasteiger partial charge in [0.2, 0.25) is 11.8 Å². The molecule has 0 saturated carbocycles. The Kier molecular flexibility index (Phi) is 4.89.